The lowest BCUT2D eigenvalue weighted by molar-refractivity contribution is 0.0939. The maximum Gasteiger partial charge on any atom is 0.251 e. The number of nitrogens with zero attached hydrogens (tertiary/aromatic N) is 2. The van der Waals surface area contributed by atoms with Crippen molar-refractivity contribution in [3.63, 3.8) is 0 Å². The van der Waals surface area contributed by atoms with E-state index < -0.39 is 0 Å². The van der Waals surface area contributed by atoms with E-state index in [-0.39, 0.29) is 24.1 Å². The summed E-state index contributed by atoms with van der Waals surface area (Å²) in [5, 5.41) is 13.0. The van der Waals surface area contributed by atoms with Crippen LogP contribution in [0.1, 0.15) is 48.7 Å². The van der Waals surface area contributed by atoms with Crippen molar-refractivity contribution in [2.45, 2.75) is 44.9 Å². The summed E-state index contributed by atoms with van der Waals surface area (Å²) in [5.74, 6) is -0.0261. The van der Waals surface area contributed by atoms with Crippen LogP contribution in [0.4, 0.5) is 5.69 Å². The lowest BCUT2D eigenvalue weighted by atomic mass is 10.0. The van der Waals surface area contributed by atoms with E-state index in [0.29, 0.717) is 12.1 Å². The fourth-order valence-electron chi connectivity index (χ4n) is 3.80. The first-order chi connectivity index (χ1) is 14.0. The summed E-state index contributed by atoms with van der Waals surface area (Å²) in [7, 11) is 2.08. The van der Waals surface area contributed by atoms with Crippen LogP contribution < -0.4 is 10.2 Å². The van der Waals surface area contributed by atoms with E-state index in [2.05, 4.69) is 53.4 Å². The van der Waals surface area contributed by atoms with Crippen molar-refractivity contribution in [2.24, 2.45) is 0 Å². The Morgan fingerprint density at radius 2 is 1.90 bits per heavy atom. The minimum atomic E-state index is -0.241. The molecule has 0 aliphatic carbocycles. The van der Waals surface area contributed by atoms with Gasteiger partial charge in [0.05, 0.1) is 12.1 Å². The van der Waals surface area contributed by atoms with Crippen LogP contribution in [0.25, 0.3) is 0 Å². The predicted octanol–water partition coefficient (Wildman–Crippen LogP) is 3.46. The van der Waals surface area contributed by atoms with Crippen molar-refractivity contribution in [2.75, 3.05) is 31.6 Å². The molecule has 29 heavy (non-hydrogen) atoms. The number of carbonyl (C=O) groups excluding carboxylic acids is 1. The Morgan fingerprint density at radius 1 is 1.21 bits per heavy atom. The molecule has 1 amide bonds. The number of β-amino-alcohol motifs (C(OH)–C–C–N with tert-alkyl or cyclic N) is 1. The molecule has 2 aromatic rings. The molecule has 1 aliphatic heterocycles. The summed E-state index contributed by atoms with van der Waals surface area (Å²) >= 11 is 0. The number of aliphatic hydroxyl groups is 1. The molecular weight excluding hydrogens is 362 g/mol. The van der Waals surface area contributed by atoms with E-state index in [0.717, 1.165) is 31.6 Å². The Labute approximate surface area is 174 Å². The first-order valence-corrected chi connectivity index (χ1v) is 10.6. The van der Waals surface area contributed by atoms with Crippen molar-refractivity contribution in [1.29, 1.82) is 0 Å². The third-order valence-electron chi connectivity index (χ3n) is 5.83. The molecule has 3 rings (SSSR count). The molecule has 2 aromatic carbocycles. The number of hydrogen-bond acceptors (Lipinski definition) is 4. The lowest BCUT2D eigenvalue weighted by Crippen LogP contribution is -2.36. The van der Waals surface area contributed by atoms with Crippen LogP contribution in [0.3, 0.4) is 0 Å². The first-order valence-electron chi connectivity index (χ1n) is 10.6. The summed E-state index contributed by atoms with van der Waals surface area (Å²) in [4.78, 5) is 16.9. The molecule has 0 bridgehead atoms. The van der Waals surface area contributed by atoms with Gasteiger partial charge in [-0.05, 0) is 49.6 Å². The highest BCUT2D eigenvalue weighted by atomic mass is 16.3. The molecule has 156 valence electrons. The standard InChI is InChI=1S/C24H33N3O2/c1-4-18(2)25-24(29)20-10-12-21(13-11-20)26(3)17-23(19-8-6-5-7-9-19)27-15-14-22(28)16-27/h5-13,18,22-23,28H,4,14-17H2,1-3H3,(H,25,29)/t18?,22-,23-/m0/s1. The fraction of sp³-hybridized carbons (Fsp3) is 0.458. The Kier molecular flexibility index (Phi) is 7.29. The van der Waals surface area contributed by atoms with Gasteiger partial charge in [-0.25, -0.2) is 0 Å². The second kappa shape index (κ2) is 9.90. The van der Waals surface area contributed by atoms with Crippen LogP contribution in [0, 0.1) is 0 Å². The number of rotatable bonds is 8. The summed E-state index contributed by atoms with van der Waals surface area (Å²) in [5.41, 5.74) is 3.02. The molecule has 3 atom stereocenters. The summed E-state index contributed by atoms with van der Waals surface area (Å²) < 4.78 is 0. The lowest BCUT2D eigenvalue weighted by Gasteiger charge is -2.33. The Balaban J connectivity index is 1.71. The monoisotopic (exact) mass is 395 g/mol. The van der Waals surface area contributed by atoms with Gasteiger partial charge in [0, 0.05) is 44.0 Å². The van der Waals surface area contributed by atoms with Crippen LogP contribution in [0.15, 0.2) is 54.6 Å². The smallest absolute Gasteiger partial charge is 0.251 e. The largest absolute Gasteiger partial charge is 0.392 e. The van der Waals surface area contributed by atoms with Gasteiger partial charge in [0.2, 0.25) is 0 Å². The molecule has 1 heterocycles. The van der Waals surface area contributed by atoms with Crippen molar-refractivity contribution in [3.05, 3.63) is 65.7 Å². The Hall–Kier alpha value is -2.37. The zero-order valence-electron chi connectivity index (χ0n) is 17.7. The quantitative estimate of drug-likeness (QED) is 0.719. The van der Waals surface area contributed by atoms with Crippen molar-refractivity contribution >= 4 is 11.6 Å². The zero-order chi connectivity index (χ0) is 20.8. The van der Waals surface area contributed by atoms with Gasteiger partial charge >= 0.3 is 0 Å². The zero-order valence-corrected chi connectivity index (χ0v) is 17.7. The molecule has 5 heteroatoms. The van der Waals surface area contributed by atoms with Gasteiger partial charge < -0.3 is 15.3 Å². The number of nitrogens with one attached hydrogen (secondary N) is 1. The SMILES string of the molecule is CCC(C)NC(=O)c1ccc(N(C)C[C@@H](c2ccccc2)N2CC[C@H](O)C2)cc1. The van der Waals surface area contributed by atoms with Gasteiger partial charge in [-0.15, -0.1) is 0 Å². The van der Waals surface area contributed by atoms with Gasteiger partial charge in [-0.1, -0.05) is 37.3 Å². The van der Waals surface area contributed by atoms with Gasteiger partial charge in [0.15, 0.2) is 0 Å². The minimum absolute atomic E-state index is 0.0261. The van der Waals surface area contributed by atoms with E-state index in [1.54, 1.807) is 0 Å². The molecule has 1 aliphatic rings. The summed E-state index contributed by atoms with van der Waals surface area (Å²) in [6.45, 7) is 6.51. The number of likely N-dealkylation sites (N-methyl/N-ethyl adjacent to an activating group) is 1. The average molecular weight is 396 g/mol. The topological polar surface area (TPSA) is 55.8 Å². The predicted molar refractivity (Wildman–Crippen MR) is 118 cm³/mol. The van der Waals surface area contributed by atoms with E-state index in [9.17, 15) is 9.90 Å². The van der Waals surface area contributed by atoms with E-state index in [1.807, 2.05) is 37.3 Å². The van der Waals surface area contributed by atoms with Crippen molar-refractivity contribution < 1.29 is 9.90 Å². The van der Waals surface area contributed by atoms with Crippen LogP contribution >= 0.6 is 0 Å². The maximum absolute atomic E-state index is 12.3. The van der Waals surface area contributed by atoms with Crippen molar-refractivity contribution in [1.82, 2.24) is 10.2 Å². The summed E-state index contributed by atoms with van der Waals surface area (Å²) in [6, 6.07) is 18.7. The molecule has 0 spiro atoms. The van der Waals surface area contributed by atoms with Crippen LogP contribution in [-0.4, -0.2) is 54.7 Å². The Morgan fingerprint density at radius 3 is 2.48 bits per heavy atom. The molecule has 0 saturated carbocycles. The minimum Gasteiger partial charge on any atom is -0.392 e. The third kappa shape index (κ3) is 5.58. The van der Waals surface area contributed by atoms with Gasteiger partial charge in [0.1, 0.15) is 0 Å². The molecular formula is C24H33N3O2. The van der Waals surface area contributed by atoms with Gasteiger partial charge in [-0.3, -0.25) is 9.69 Å². The van der Waals surface area contributed by atoms with E-state index in [1.165, 1.54) is 5.56 Å². The number of anilines is 1. The first kappa shape index (κ1) is 21.3. The number of likely N-dealkylation sites (tertiary alicyclic amines) is 1. The number of carbonyl (C=O) groups is 1. The third-order valence-corrected chi connectivity index (χ3v) is 5.83. The normalized spacial score (nSPS) is 19.0. The second-order valence-electron chi connectivity index (χ2n) is 8.07. The number of amides is 1. The van der Waals surface area contributed by atoms with Crippen LogP contribution in [-0.2, 0) is 0 Å². The average Bonchev–Trinajstić information content (AvgIpc) is 3.18. The molecule has 1 saturated heterocycles. The maximum atomic E-state index is 12.3. The Bertz CT molecular complexity index is 778. The molecule has 0 aromatic heterocycles. The van der Waals surface area contributed by atoms with Crippen LogP contribution in [0.2, 0.25) is 0 Å². The number of aliphatic hydroxyl groups excluding tert-OH is 1. The molecule has 2 N–H and O–H groups in total. The summed E-state index contributed by atoms with van der Waals surface area (Å²) in [6.07, 6.45) is 1.50. The second-order valence-corrected chi connectivity index (χ2v) is 8.07. The highest BCUT2D eigenvalue weighted by Gasteiger charge is 2.29. The number of benzene rings is 2. The fourth-order valence-corrected chi connectivity index (χ4v) is 3.80. The molecule has 1 fully saturated rings. The van der Waals surface area contributed by atoms with Gasteiger partial charge in [-0.2, -0.15) is 0 Å². The van der Waals surface area contributed by atoms with E-state index >= 15 is 0 Å². The highest BCUT2D eigenvalue weighted by molar-refractivity contribution is 5.94. The molecule has 5 nitrogen and oxygen atoms in total. The van der Waals surface area contributed by atoms with Crippen molar-refractivity contribution in [3.8, 4) is 0 Å². The number of hydrogen-bond donors (Lipinski definition) is 2. The molecule has 1 unspecified atom stereocenters. The van der Waals surface area contributed by atoms with Gasteiger partial charge in [0.25, 0.3) is 5.91 Å². The molecule has 0 radical (unpaired) electrons. The highest BCUT2D eigenvalue weighted by Crippen LogP contribution is 2.27. The van der Waals surface area contributed by atoms with E-state index in [4.69, 9.17) is 0 Å². The van der Waals surface area contributed by atoms with Crippen LogP contribution in [0.5, 0.6) is 0 Å².